The number of esters is 3. The Hall–Kier alpha value is -7.05. The van der Waals surface area contributed by atoms with Crippen molar-refractivity contribution in [2.24, 2.45) is 22.7 Å². The molecule has 4 atom stereocenters. The number of carbonyl (C=O) groups excluding carboxylic acids is 9. The summed E-state index contributed by atoms with van der Waals surface area (Å²) in [7, 11) is 2.71. The van der Waals surface area contributed by atoms with Crippen molar-refractivity contribution < 1.29 is 71.6 Å². The number of fused-ring (bicyclic) bond motifs is 4. The van der Waals surface area contributed by atoms with Crippen LogP contribution in [-0.2, 0) is 57.2 Å². The third kappa shape index (κ3) is 23.2. The van der Waals surface area contributed by atoms with Gasteiger partial charge in [0.2, 0.25) is 11.8 Å². The van der Waals surface area contributed by atoms with Gasteiger partial charge in [-0.3, -0.25) is 33.8 Å². The molecular weight excluding hydrogens is 1240 g/mol. The fraction of sp³-hybridized carbons (Fsp3) is 0.631. The molecule has 6 amide bonds. The van der Waals surface area contributed by atoms with Gasteiger partial charge in [-0.15, -0.1) is 0 Å². The molecule has 6 heterocycles. The Balaban J connectivity index is 0.000000350. The first-order chi connectivity index (χ1) is 42.5. The number of carbonyl (C=O) groups is 9. The minimum atomic E-state index is -1.05. The highest BCUT2D eigenvalue weighted by atomic mass is 35.5. The Bertz CT molecular complexity index is 3050. The van der Waals surface area contributed by atoms with Crippen LogP contribution in [0.1, 0.15) is 159 Å². The second kappa shape index (κ2) is 34.0. The number of piperidine rings is 3. The molecule has 4 fully saturated rings. The maximum absolute atomic E-state index is 14.3. The van der Waals surface area contributed by atoms with Crippen LogP contribution in [0.5, 0.6) is 0 Å². The van der Waals surface area contributed by atoms with E-state index in [2.05, 4.69) is 27.4 Å². The predicted octanol–water partition coefficient (Wildman–Crippen LogP) is 9.59. The van der Waals surface area contributed by atoms with E-state index in [-0.39, 0.29) is 49.0 Å². The maximum Gasteiger partial charge on any atom is 0.410 e. The van der Waals surface area contributed by atoms with Crippen molar-refractivity contribution in [1.29, 1.82) is 0 Å². The zero-order valence-corrected chi connectivity index (χ0v) is 57.4. The minimum Gasteiger partial charge on any atom is -0.469 e. The number of amides is 6. The molecule has 0 saturated carbocycles. The lowest BCUT2D eigenvalue weighted by molar-refractivity contribution is -0.157. The van der Waals surface area contributed by atoms with Crippen LogP contribution in [-0.4, -0.2) is 174 Å². The van der Waals surface area contributed by atoms with Crippen molar-refractivity contribution >= 4 is 106 Å². The maximum atomic E-state index is 14.3. The number of hydrazine groups is 1. The molecule has 23 nitrogen and oxygen atoms in total. The molecule has 91 heavy (non-hydrogen) atoms. The van der Waals surface area contributed by atoms with Gasteiger partial charge in [0, 0.05) is 67.3 Å². The molecular formula is C65H91Cl3N8O15. The van der Waals surface area contributed by atoms with E-state index in [1.165, 1.54) is 19.2 Å². The first-order valence-corrected chi connectivity index (χ1v) is 31.6. The number of likely N-dealkylation sites (tertiary alicyclic amines) is 3. The Labute approximate surface area is 550 Å². The third-order valence-corrected chi connectivity index (χ3v) is 15.7. The first-order valence-electron chi connectivity index (χ1n) is 30.5. The SMILES string of the molecule is CC(C)[C@@H]1NC(=O)C2(/C=C/c3ccc4ccc(nc4c3)[C@@H](C)OC(=O)[C@@H]3CCCN(N3)C(=O)[C@H](C)NC1=O)CCN(C(=O)OC(C)(C)C)CC2.COC(=O)C1(C#CCl)CCN(C(=O)OC(C)(C)C)CC1.COC(=O)C1CCN(C(=O)OC(C)(C)C)CC1.ClC#CCl. The second-order valence-corrected chi connectivity index (χ2v) is 26.7. The summed E-state index contributed by atoms with van der Waals surface area (Å²) in [4.78, 5) is 124. The number of hydrogen-bond donors (Lipinski definition) is 3. The van der Waals surface area contributed by atoms with Crippen LogP contribution in [0.4, 0.5) is 14.4 Å². The normalized spacial score (nSPS) is 21.7. The molecule has 5 aliphatic heterocycles. The summed E-state index contributed by atoms with van der Waals surface area (Å²) in [6.07, 6.45) is 5.66. The third-order valence-electron chi connectivity index (χ3n) is 15.4. The first kappa shape index (κ1) is 76.4. The van der Waals surface area contributed by atoms with Crippen molar-refractivity contribution in [2.45, 2.75) is 182 Å². The lowest BCUT2D eigenvalue weighted by Gasteiger charge is -2.40. The number of aromatic nitrogens is 1. The van der Waals surface area contributed by atoms with Gasteiger partial charge >= 0.3 is 36.2 Å². The van der Waals surface area contributed by atoms with Crippen molar-refractivity contribution in [1.82, 2.24) is 40.8 Å². The van der Waals surface area contributed by atoms with E-state index in [0.717, 1.165) is 10.9 Å². The lowest BCUT2D eigenvalue weighted by atomic mass is 9.76. The molecule has 3 N–H and O–H groups in total. The predicted molar refractivity (Wildman–Crippen MR) is 344 cm³/mol. The number of ether oxygens (including phenoxy) is 6. The van der Waals surface area contributed by atoms with Crippen LogP contribution in [0.2, 0.25) is 0 Å². The Morgan fingerprint density at radius 2 is 1.20 bits per heavy atom. The number of rotatable bonds is 3. The molecule has 1 spiro atoms. The van der Waals surface area contributed by atoms with E-state index in [4.69, 9.17) is 68.2 Å². The van der Waals surface area contributed by atoms with Gasteiger partial charge in [0.15, 0.2) is 0 Å². The highest BCUT2D eigenvalue weighted by molar-refractivity contribution is 6.38. The van der Waals surface area contributed by atoms with Crippen molar-refractivity contribution in [3.8, 4) is 22.1 Å². The Morgan fingerprint density at radius 3 is 1.68 bits per heavy atom. The fourth-order valence-electron chi connectivity index (χ4n) is 10.3. The summed E-state index contributed by atoms with van der Waals surface area (Å²) in [5.41, 5.74) is 1.41. The van der Waals surface area contributed by atoms with Crippen LogP contribution in [0.15, 0.2) is 36.4 Å². The number of cyclic esters (lactones) is 1. The molecule has 502 valence electrons. The molecule has 26 heteroatoms. The van der Waals surface area contributed by atoms with Gasteiger partial charge in [0.1, 0.15) is 46.4 Å². The van der Waals surface area contributed by atoms with E-state index in [1.807, 2.05) is 129 Å². The number of nitrogens with zero attached hydrogens (tertiary/aromatic N) is 5. The molecule has 5 aliphatic rings. The summed E-state index contributed by atoms with van der Waals surface area (Å²) in [5.74, 6) is -0.0185. The Morgan fingerprint density at radius 1 is 0.681 bits per heavy atom. The van der Waals surface area contributed by atoms with Gasteiger partial charge < -0.3 is 53.8 Å². The standard InChI is InChI=1S/C37H50N6O7.C14H20ClNO4.C12H21NO4.C2Cl2/c1-22(2)30-31(44)38-23(3)32(45)43-18-8-9-28(41-43)33(46)49-24(4)27-13-12-26-11-10-25(21-29(26)39-27)14-15-37(34(47)40-30)16-19-42(20-17-37)35(48)50-36(5,6)7;1-13(2,3)20-12(18)16-9-6-14(5-8-15,7-10-16)11(17)19-4;1-12(2,3)17-11(15)13-7-5-9(6-8-13)10(14)16-4;3-1-2-4/h10-15,21-24,28,30,41H,8-9,16-20H2,1-7H3,(H,38,44)(H,40,47);6-7,9-10H2,1-4H3;9H,5-8H2,1-4H3;/b15-14+;;;/t23-,24+,28-,30-;;;/m0.../s1. The van der Waals surface area contributed by atoms with Crippen molar-refractivity contribution in [2.75, 3.05) is 60.0 Å². The molecule has 0 aliphatic carbocycles. The topological polar surface area (TPSA) is 271 Å². The molecule has 7 rings (SSSR count). The second-order valence-electron chi connectivity index (χ2n) is 26.2. The van der Waals surface area contributed by atoms with E-state index < -0.39 is 81.7 Å². The number of benzene rings is 1. The van der Waals surface area contributed by atoms with Crippen LogP contribution >= 0.6 is 34.8 Å². The van der Waals surface area contributed by atoms with E-state index in [1.54, 1.807) is 28.5 Å². The van der Waals surface area contributed by atoms with Gasteiger partial charge in [-0.1, -0.05) is 50.1 Å². The quantitative estimate of drug-likeness (QED) is 0.147. The number of hydrogen-bond acceptors (Lipinski definition) is 17. The molecule has 0 unspecified atom stereocenters. The van der Waals surface area contributed by atoms with E-state index in [0.29, 0.717) is 95.3 Å². The molecule has 5 bridgehead atoms. The van der Waals surface area contributed by atoms with Crippen molar-refractivity contribution in [3.05, 3.63) is 47.7 Å². The highest BCUT2D eigenvalue weighted by Crippen LogP contribution is 2.37. The summed E-state index contributed by atoms with van der Waals surface area (Å²) < 4.78 is 31.5. The average Bonchev–Trinajstić information content (AvgIpc) is 1.01. The van der Waals surface area contributed by atoms with E-state index >= 15 is 0 Å². The zero-order chi connectivity index (χ0) is 68.2. The summed E-state index contributed by atoms with van der Waals surface area (Å²) >= 11 is 14.8. The van der Waals surface area contributed by atoms with Gasteiger partial charge in [0.05, 0.1) is 36.8 Å². The van der Waals surface area contributed by atoms with Crippen molar-refractivity contribution in [3.63, 3.8) is 0 Å². The van der Waals surface area contributed by atoms with Gasteiger partial charge in [-0.25, -0.2) is 24.8 Å². The number of halogens is 3. The lowest BCUT2D eigenvalue weighted by Crippen LogP contribution is -2.61. The fourth-order valence-corrected chi connectivity index (χ4v) is 10.5. The van der Waals surface area contributed by atoms with Gasteiger partial charge in [0.25, 0.3) is 5.91 Å². The molecule has 1 aromatic heterocycles. The average molecular weight is 1330 g/mol. The number of nitrogens with one attached hydrogen (secondary N) is 3. The van der Waals surface area contributed by atoms with Gasteiger partial charge in [-0.05, 0) is 186 Å². The number of methoxy groups -OCH3 is 2. The van der Waals surface area contributed by atoms with Crippen LogP contribution in [0, 0.1) is 44.7 Å². The van der Waals surface area contributed by atoms with Crippen LogP contribution in [0.25, 0.3) is 17.0 Å². The molecule has 2 aromatic rings. The smallest absolute Gasteiger partial charge is 0.410 e. The summed E-state index contributed by atoms with van der Waals surface area (Å²) in [5, 5.41) is 14.1. The van der Waals surface area contributed by atoms with Crippen LogP contribution < -0.4 is 16.1 Å². The summed E-state index contributed by atoms with van der Waals surface area (Å²) in [6.45, 7) is 26.1. The van der Waals surface area contributed by atoms with Gasteiger partial charge in [-0.2, -0.15) is 0 Å². The zero-order valence-electron chi connectivity index (χ0n) is 55.1. The Kier molecular flexibility index (Phi) is 28.6. The monoisotopic (exact) mass is 1330 g/mol. The minimum absolute atomic E-state index is 0.0845. The highest BCUT2D eigenvalue weighted by Gasteiger charge is 2.45. The molecule has 4 saturated heterocycles. The molecule has 1 aromatic carbocycles. The number of pyridine rings is 1. The largest absolute Gasteiger partial charge is 0.469 e. The van der Waals surface area contributed by atoms with Crippen LogP contribution in [0.3, 0.4) is 0 Å². The summed E-state index contributed by atoms with van der Waals surface area (Å²) in [6, 6.07) is 6.89. The molecule has 0 radical (unpaired) electrons. The van der Waals surface area contributed by atoms with E-state index in [9.17, 15) is 43.2 Å².